The number of carbonyl (C=O) groups is 2. The third-order valence-electron chi connectivity index (χ3n) is 2.41. The van der Waals surface area contributed by atoms with E-state index in [-0.39, 0.29) is 17.9 Å². The number of Topliss-reactive ketones (excluding diaryl/α,β-unsaturated/α-hetero) is 1. The maximum Gasteiger partial charge on any atom is 0.337 e. The Morgan fingerprint density at radius 3 is 2.62 bits per heavy atom. The first-order valence-corrected chi connectivity index (χ1v) is 4.90. The van der Waals surface area contributed by atoms with Crippen LogP contribution >= 0.6 is 0 Å². The van der Waals surface area contributed by atoms with Crippen LogP contribution in [0.4, 0.5) is 0 Å². The van der Waals surface area contributed by atoms with Crippen molar-refractivity contribution in [2.45, 2.75) is 13.5 Å². The number of aromatic nitrogens is 1. The number of hydrogen-bond acceptors (Lipinski definition) is 2. The molecule has 0 aliphatic rings. The first-order valence-electron chi connectivity index (χ1n) is 4.90. The normalized spacial score (nSPS) is 10.6. The van der Waals surface area contributed by atoms with Crippen molar-refractivity contribution in [3.8, 4) is 0 Å². The average Bonchev–Trinajstić information content (AvgIpc) is 2.57. The van der Waals surface area contributed by atoms with Crippen molar-refractivity contribution >= 4 is 22.7 Å². The van der Waals surface area contributed by atoms with Gasteiger partial charge in [-0.3, -0.25) is 4.79 Å². The van der Waals surface area contributed by atoms with E-state index < -0.39 is 5.97 Å². The molecule has 1 heterocycles. The lowest BCUT2D eigenvalue weighted by Gasteiger charge is -2.00. The summed E-state index contributed by atoms with van der Waals surface area (Å²) in [7, 11) is 0. The molecule has 0 atom stereocenters. The van der Waals surface area contributed by atoms with E-state index in [1.165, 1.54) is 13.1 Å². The first-order chi connectivity index (χ1) is 7.59. The van der Waals surface area contributed by atoms with E-state index in [0.29, 0.717) is 5.39 Å². The van der Waals surface area contributed by atoms with Crippen LogP contribution in [0.3, 0.4) is 0 Å². The minimum absolute atomic E-state index is 0.00214. The molecule has 16 heavy (non-hydrogen) atoms. The smallest absolute Gasteiger partial charge is 0.337 e. The Kier molecular flexibility index (Phi) is 2.48. The zero-order valence-corrected chi connectivity index (χ0v) is 8.80. The van der Waals surface area contributed by atoms with Gasteiger partial charge < -0.3 is 9.67 Å². The predicted octanol–water partition coefficient (Wildman–Crippen LogP) is 1.93. The lowest BCUT2D eigenvalue weighted by atomic mass is 10.2. The van der Waals surface area contributed by atoms with Crippen LogP contribution < -0.4 is 0 Å². The molecule has 4 nitrogen and oxygen atoms in total. The van der Waals surface area contributed by atoms with Gasteiger partial charge in [-0.2, -0.15) is 0 Å². The van der Waals surface area contributed by atoms with E-state index >= 15 is 0 Å². The van der Waals surface area contributed by atoms with Gasteiger partial charge in [-0.25, -0.2) is 4.79 Å². The number of aromatic carboxylic acids is 1. The molecular formula is C12H11NO3. The number of benzene rings is 1. The summed E-state index contributed by atoms with van der Waals surface area (Å²) in [5.74, 6) is -0.976. The van der Waals surface area contributed by atoms with E-state index in [1.54, 1.807) is 16.7 Å². The number of para-hydroxylation sites is 1. The lowest BCUT2D eigenvalue weighted by Crippen LogP contribution is -2.04. The highest BCUT2D eigenvalue weighted by atomic mass is 16.4. The summed E-state index contributed by atoms with van der Waals surface area (Å²) in [6, 6.07) is 7.16. The summed E-state index contributed by atoms with van der Waals surface area (Å²) in [4.78, 5) is 22.1. The molecule has 0 unspecified atom stereocenters. The number of ketones is 1. The second-order valence-electron chi connectivity index (χ2n) is 3.69. The molecule has 2 aromatic rings. The van der Waals surface area contributed by atoms with E-state index in [0.717, 1.165) is 5.52 Å². The molecule has 1 aromatic heterocycles. The van der Waals surface area contributed by atoms with Crippen LogP contribution in [-0.2, 0) is 11.3 Å². The van der Waals surface area contributed by atoms with Gasteiger partial charge in [0.05, 0.1) is 12.1 Å². The maximum atomic E-state index is 11.1. The molecule has 1 aromatic carbocycles. The molecule has 0 bridgehead atoms. The van der Waals surface area contributed by atoms with Crippen molar-refractivity contribution in [1.82, 2.24) is 4.57 Å². The van der Waals surface area contributed by atoms with Gasteiger partial charge in [-0.15, -0.1) is 0 Å². The monoisotopic (exact) mass is 217 g/mol. The second-order valence-corrected chi connectivity index (χ2v) is 3.69. The number of carboxylic acid groups (broad SMARTS) is 1. The van der Waals surface area contributed by atoms with Crippen LogP contribution in [0.15, 0.2) is 30.5 Å². The maximum absolute atomic E-state index is 11.1. The molecular weight excluding hydrogens is 206 g/mol. The molecule has 0 amide bonds. The van der Waals surface area contributed by atoms with Crippen molar-refractivity contribution in [1.29, 1.82) is 0 Å². The molecule has 0 saturated heterocycles. The summed E-state index contributed by atoms with van der Waals surface area (Å²) in [6.45, 7) is 1.68. The van der Waals surface area contributed by atoms with Crippen LogP contribution in [0.5, 0.6) is 0 Å². The van der Waals surface area contributed by atoms with Gasteiger partial charge in [0.2, 0.25) is 0 Å². The standard InChI is InChI=1S/C12H11NO3/c1-8(14)6-13-7-10(12(15)16)9-4-2-3-5-11(9)13/h2-5,7H,6H2,1H3,(H,15,16). The van der Waals surface area contributed by atoms with Crippen LogP contribution in [0.1, 0.15) is 17.3 Å². The van der Waals surface area contributed by atoms with Crippen molar-refractivity contribution in [3.63, 3.8) is 0 Å². The topological polar surface area (TPSA) is 59.3 Å². The summed E-state index contributed by atoms with van der Waals surface area (Å²) < 4.78 is 1.67. The van der Waals surface area contributed by atoms with Crippen molar-refractivity contribution in [3.05, 3.63) is 36.0 Å². The van der Waals surface area contributed by atoms with Crippen molar-refractivity contribution < 1.29 is 14.7 Å². The van der Waals surface area contributed by atoms with Crippen molar-refractivity contribution in [2.75, 3.05) is 0 Å². The number of carbonyl (C=O) groups excluding carboxylic acids is 1. The zero-order valence-electron chi connectivity index (χ0n) is 8.80. The molecule has 4 heteroatoms. The van der Waals surface area contributed by atoms with Gasteiger partial charge in [-0.05, 0) is 13.0 Å². The molecule has 0 spiro atoms. The fraction of sp³-hybridized carbons (Fsp3) is 0.167. The van der Waals surface area contributed by atoms with Gasteiger partial charge in [0.1, 0.15) is 5.78 Å². The van der Waals surface area contributed by atoms with Gasteiger partial charge in [0.25, 0.3) is 0 Å². The number of nitrogens with zero attached hydrogens (tertiary/aromatic N) is 1. The van der Waals surface area contributed by atoms with E-state index in [1.807, 2.05) is 12.1 Å². The Hall–Kier alpha value is -2.10. The molecule has 0 fully saturated rings. The molecule has 2 rings (SSSR count). The average molecular weight is 217 g/mol. The Balaban J connectivity index is 2.66. The Bertz CT molecular complexity index is 569. The van der Waals surface area contributed by atoms with E-state index in [2.05, 4.69) is 0 Å². The van der Waals surface area contributed by atoms with Crippen LogP contribution in [-0.4, -0.2) is 21.4 Å². The molecule has 1 N–H and O–H groups in total. The summed E-state index contributed by atoms with van der Waals surface area (Å²) >= 11 is 0. The van der Waals surface area contributed by atoms with E-state index in [9.17, 15) is 9.59 Å². The Morgan fingerprint density at radius 2 is 2.00 bits per heavy atom. The molecule has 0 aliphatic heterocycles. The first kappa shape index (κ1) is 10.4. The minimum Gasteiger partial charge on any atom is -0.478 e. The third-order valence-corrected chi connectivity index (χ3v) is 2.41. The minimum atomic E-state index is -0.974. The van der Waals surface area contributed by atoms with Gasteiger partial charge >= 0.3 is 5.97 Å². The summed E-state index contributed by atoms with van der Waals surface area (Å²) in [5, 5.41) is 9.70. The van der Waals surface area contributed by atoms with Crippen LogP contribution in [0.25, 0.3) is 10.9 Å². The number of rotatable bonds is 3. The fourth-order valence-electron chi connectivity index (χ4n) is 1.79. The summed E-state index contributed by atoms with van der Waals surface area (Å²) in [5.41, 5.74) is 1.01. The van der Waals surface area contributed by atoms with Crippen LogP contribution in [0.2, 0.25) is 0 Å². The van der Waals surface area contributed by atoms with Gasteiger partial charge in [0.15, 0.2) is 0 Å². The largest absolute Gasteiger partial charge is 0.478 e. The van der Waals surface area contributed by atoms with Crippen molar-refractivity contribution in [2.24, 2.45) is 0 Å². The number of hydrogen-bond donors (Lipinski definition) is 1. The van der Waals surface area contributed by atoms with Crippen LogP contribution in [0, 0.1) is 0 Å². The quantitative estimate of drug-likeness (QED) is 0.854. The summed E-state index contributed by atoms with van der Waals surface area (Å²) in [6.07, 6.45) is 1.51. The zero-order chi connectivity index (χ0) is 11.7. The lowest BCUT2D eigenvalue weighted by molar-refractivity contribution is -0.117. The predicted molar refractivity (Wildman–Crippen MR) is 59.6 cm³/mol. The molecule has 0 aliphatic carbocycles. The highest BCUT2D eigenvalue weighted by molar-refractivity contribution is 6.03. The van der Waals surface area contributed by atoms with E-state index in [4.69, 9.17) is 5.11 Å². The highest BCUT2D eigenvalue weighted by Gasteiger charge is 2.13. The number of fused-ring (bicyclic) bond motifs is 1. The molecule has 0 radical (unpaired) electrons. The fourth-order valence-corrected chi connectivity index (χ4v) is 1.79. The third kappa shape index (κ3) is 1.69. The van der Waals surface area contributed by atoms with Gasteiger partial charge in [0, 0.05) is 17.1 Å². The SMILES string of the molecule is CC(=O)Cn1cc(C(=O)O)c2ccccc21. The Morgan fingerprint density at radius 1 is 1.31 bits per heavy atom. The molecule has 82 valence electrons. The molecule has 0 saturated carbocycles. The Labute approximate surface area is 92.1 Å². The van der Waals surface area contributed by atoms with Gasteiger partial charge in [-0.1, -0.05) is 18.2 Å². The highest BCUT2D eigenvalue weighted by Crippen LogP contribution is 2.21. The second kappa shape index (κ2) is 3.81. The number of carboxylic acids is 1.